The third-order valence-corrected chi connectivity index (χ3v) is 11.4. The van der Waals surface area contributed by atoms with Gasteiger partial charge in [0.15, 0.2) is 5.78 Å². The normalized spacial score (nSPS) is 25.3. The fraction of sp³-hybridized carbons (Fsp3) is 0.607. The topological polar surface area (TPSA) is 125 Å². The summed E-state index contributed by atoms with van der Waals surface area (Å²) in [6.45, 7) is 6.59. The molecule has 2 N–H and O–H groups in total. The summed E-state index contributed by atoms with van der Waals surface area (Å²) >= 11 is 1.31. The Kier molecular flexibility index (Phi) is 9.57. The largest absolute Gasteiger partial charge is 0.361 e. The number of benzene rings is 1. The number of nitrogens with zero attached hydrogens (tertiary/aromatic N) is 1. The summed E-state index contributed by atoms with van der Waals surface area (Å²) in [5.74, 6) is -1.07. The Morgan fingerprint density at radius 3 is 2.33 bits per heavy atom. The number of piperidine rings is 1. The number of hydrogen-bond acceptors (Lipinski definition) is 7. The molecule has 0 aromatic heterocycles. The van der Waals surface area contributed by atoms with Crippen molar-refractivity contribution < 1.29 is 27.5 Å². The van der Waals surface area contributed by atoms with E-state index >= 15 is 0 Å². The summed E-state index contributed by atoms with van der Waals surface area (Å²) in [5, 5.41) is 7.64. The van der Waals surface area contributed by atoms with Crippen molar-refractivity contribution in [2.45, 2.75) is 75.1 Å². The molecule has 2 fully saturated rings. The predicted molar refractivity (Wildman–Crippen MR) is 151 cm³/mol. The minimum atomic E-state index is -3.43. The molecule has 11 heteroatoms. The summed E-state index contributed by atoms with van der Waals surface area (Å²) in [5.41, 5.74) is 0.0117. The molecule has 4 atom stereocenters. The lowest BCUT2D eigenvalue weighted by atomic mass is 9.92. The van der Waals surface area contributed by atoms with E-state index in [0.29, 0.717) is 32.3 Å². The number of allylic oxidation sites excluding steroid dienone is 1. The van der Waals surface area contributed by atoms with E-state index in [1.807, 2.05) is 55.7 Å². The van der Waals surface area contributed by atoms with E-state index in [2.05, 4.69) is 10.6 Å². The average molecular weight is 578 g/mol. The van der Waals surface area contributed by atoms with Crippen LogP contribution >= 0.6 is 11.8 Å². The quantitative estimate of drug-likeness (QED) is 0.366. The monoisotopic (exact) mass is 577 g/mol. The summed E-state index contributed by atoms with van der Waals surface area (Å²) < 4.78 is 32.2. The zero-order chi connectivity index (χ0) is 28.2. The number of amides is 2. The van der Waals surface area contributed by atoms with Gasteiger partial charge in [-0.3, -0.25) is 14.4 Å². The maximum atomic E-state index is 13.5. The van der Waals surface area contributed by atoms with Crippen LogP contribution in [-0.4, -0.2) is 72.3 Å². The van der Waals surface area contributed by atoms with Gasteiger partial charge in [0, 0.05) is 25.4 Å². The molecule has 2 amide bonds. The van der Waals surface area contributed by atoms with E-state index in [4.69, 9.17) is 4.74 Å². The SMILES string of the molecule is CC(C)C[C@H](NC(=O)[C@H](Cc1ccccc1)NC(=O)C1CCN(S(=O)(=O)C2CC=CS2)CC1)C(=O)[C@@]1(C)CO1. The van der Waals surface area contributed by atoms with Crippen molar-refractivity contribution in [3.8, 4) is 0 Å². The van der Waals surface area contributed by atoms with Crippen LogP contribution in [0, 0.1) is 11.8 Å². The van der Waals surface area contributed by atoms with Gasteiger partial charge in [0.05, 0.1) is 12.6 Å². The van der Waals surface area contributed by atoms with Gasteiger partial charge in [-0.25, -0.2) is 12.7 Å². The highest BCUT2D eigenvalue weighted by Gasteiger charge is 2.50. The van der Waals surface area contributed by atoms with Gasteiger partial charge in [0.2, 0.25) is 21.8 Å². The van der Waals surface area contributed by atoms with Gasteiger partial charge in [0.25, 0.3) is 0 Å². The Labute approximate surface area is 235 Å². The van der Waals surface area contributed by atoms with E-state index in [1.54, 1.807) is 6.92 Å². The van der Waals surface area contributed by atoms with Gasteiger partial charge in [-0.15, -0.1) is 11.8 Å². The Balaban J connectivity index is 1.41. The Bertz CT molecular complexity index is 1170. The molecule has 0 bridgehead atoms. The lowest BCUT2D eigenvalue weighted by Crippen LogP contribution is -2.55. The number of thioether (sulfide) groups is 1. The number of Topliss-reactive ketones (excluding diaryl/α,β-unsaturated/α-hetero) is 1. The summed E-state index contributed by atoms with van der Waals surface area (Å²) in [7, 11) is -3.43. The lowest BCUT2D eigenvalue weighted by Gasteiger charge is -2.33. The van der Waals surface area contributed by atoms with Gasteiger partial charge < -0.3 is 15.4 Å². The van der Waals surface area contributed by atoms with Crippen molar-refractivity contribution in [2.24, 2.45) is 11.8 Å². The van der Waals surface area contributed by atoms with Crippen LogP contribution in [0.3, 0.4) is 0 Å². The number of nitrogens with one attached hydrogen (secondary N) is 2. The van der Waals surface area contributed by atoms with Crippen molar-refractivity contribution in [1.82, 2.24) is 14.9 Å². The molecule has 0 radical (unpaired) electrons. The van der Waals surface area contributed by atoms with Crippen molar-refractivity contribution in [1.29, 1.82) is 0 Å². The maximum absolute atomic E-state index is 13.5. The van der Waals surface area contributed by atoms with Crippen molar-refractivity contribution in [3.63, 3.8) is 0 Å². The molecule has 4 rings (SSSR count). The van der Waals surface area contributed by atoms with Crippen LogP contribution < -0.4 is 10.6 Å². The Morgan fingerprint density at radius 1 is 1.10 bits per heavy atom. The number of carbonyl (C=O) groups excluding carboxylic acids is 3. The molecule has 3 aliphatic heterocycles. The molecule has 9 nitrogen and oxygen atoms in total. The second-order valence-electron chi connectivity index (χ2n) is 11.2. The molecule has 214 valence electrons. The number of ketones is 1. The van der Waals surface area contributed by atoms with E-state index < -0.39 is 44.1 Å². The number of hydrogen-bond donors (Lipinski definition) is 2. The first-order chi connectivity index (χ1) is 18.5. The summed E-state index contributed by atoms with van der Waals surface area (Å²) in [6.07, 6.45) is 3.88. The lowest BCUT2D eigenvalue weighted by molar-refractivity contribution is -0.134. The first-order valence-corrected chi connectivity index (χ1v) is 16.1. The molecule has 0 saturated carbocycles. The van der Waals surface area contributed by atoms with Crippen LogP contribution in [0.4, 0.5) is 0 Å². The molecule has 3 aliphatic rings. The highest BCUT2D eigenvalue weighted by Crippen LogP contribution is 2.33. The van der Waals surface area contributed by atoms with Crippen LogP contribution in [0.5, 0.6) is 0 Å². The van der Waals surface area contributed by atoms with Crippen LogP contribution in [-0.2, 0) is 35.6 Å². The minimum Gasteiger partial charge on any atom is -0.361 e. The van der Waals surface area contributed by atoms with Gasteiger partial charge in [-0.2, -0.15) is 0 Å². The fourth-order valence-electron chi connectivity index (χ4n) is 5.04. The van der Waals surface area contributed by atoms with E-state index in [0.717, 1.165) is 5.56 Å². The highest BCUT2D eigenvalue weighted by atomic mass is 32.3. The van der Waals surface area contributed by atoms with E-state index in [9.17, 15) is 22.8 Å². The highest BCUT2D eigenvalue weighted by molar-refractivity contribution is 8.14. The van der Waals surface area contributed by atoms with E-state index in [1.165, 1.54) is 16.1 Å². The van der Waals surface area contributed by atoms with E-state index in [-0.39, 0.29) is 37.1 Å². The maximum Gasteiger partial charge on any atom is 0.243 e. The molecular weight excluding hydrogens is 538 g/mol. The second-order valence-corrected chi connectivity index (χ2v) is 14.7. The smallest absolute Gasteiger partial charge is 0.243 e. The summed E-state index contributed by atoms with van der Waals surface area (Å²) in [4.78, 5) is 39.9. The number of epoxide rings is 1. The third kappa shape index (κ3) is 7.50. The third-order valence-electron chi connectivity index (χ3n) is 7.53. The molecule has 1 aromatic carbocycles. The second kappa shape index (κ2) is 12.5. The molecule has 1 aromatic rings. The zero-order valence-corrected chi connectivity index (χ0v) is 24.4. The van der Waals surface area contributed by atoms with Crippen LogP contribution in [0.25, 0.3) is 0 Å². The Hall–Kier alpha value is -2.21. The van der Waals surface area contributed by atoms with Crippen molar-refractivity contribution in [3.05, 3.63) is 47.4 Å². The predicted octanol–water partition coefficient (Wildman–Crippen LogP) is 2.62. The zero-order valence-electron chi connectivity index (χ0n) is 22.8. The Morgan fingerprint density at radius 2 is 1.77 bits per heavy atom. The standard InChI is InChI=1S/C28H39N3O6S2/c1-19(2)16-22(25(32)28(3)18-37-28)29-27(34)23(17-20-8-5-4-6-9-20)30-26(33)21-11-13-31(14-12-21)39(35,36)24-10-7-15-38-24/h4-9,15,19,21-24H,10-14,16-18H2,1-3H3,(H,29,34)(H,30,33)/t22-,23-,24?,28+/m0/s1. The van der Waals surface area contributed by atoms with Crippen molar-refractivity contribution in [2.75, 3.05) is 19.7 Å². The van der Waals surface area contributed by atoms with Gasteiger partial charge in [0.1, 0.15) is 16.2 Å². The first kappa shape index (κ1) is 29.8. The molecule has 3 heterocycles. The molecule has 0 aliphatic carbocycles. The van der Waals surface area contributed by atoms with Gasteiger partial charge in [-0.05, 0) is 49.5 Å². The number of sulfonamides is 1. The molecule has 1 unspecified atom stereocenters. The van der Waals surface area contributed by atoms with Crippen LogP contribution in [0.2, 0.25) is 0 Å². The number of carbonyl (C=O) groups is 3. The van der Waals surface area contributed by atoms with Crippen LogP contribution in [0.15, 0.2) is 41.8 Å². The fourth-order valence-corrected chi connectivity index (χ4v) is 8.18. The van der Waals surface area contributed by atoms with Crippen LogP contribution in [0.1, 0.15) is 52.0 Å². The molecular formula is C28H39N3O6S2. The molecule has 0 spiro atoms. The van der Waals surface area contributed by atoms with Crippen molar-refractivity contribution >= 4 is 39.4 Å². The van der Waals surface area contributed by atoms with Gasteiger partial charge in [-0.1, -0.05) is 50.3 Å². The molecule has 2 saturated heterocycles. The minimum absolute atomic E-state index is 0.154. The number of ether oxygens (including phenoxy) is 1. The average Bonchev–Trinajstić information content (AvgIpc) is 3.41. The summed E-state index contributed by atoms with van der Waals surface area (Å²) in [6, 6.07) is 7.82. The first-order valence-electron chi connectivity index (χ1n) is 13.6. The number of rotatable bonds is 12. The molecule has 39 heavy (non-hydrogen) atoms. The van der Waals surface area contributed by atoms with Gasteiger partial charge >= 0.3 is 0 Å².